The summed E-state index contributed by atoms with van der Waals surface area (Å²) in [6, 6.07) is 4.01. The molecule has 108 valence electrons. The first kappa shape index (κ1) is 16.0. The molecule has 0 spiro atoms. The molecule has 0 aliphatic rings. The summed E-state index contributed by atoms with van der Waals surface area (Å²) in [5.74, 6) is 0.851. The molecule has 1 aromatic heterocycles. The summed E-state index contributed by atoms with van der Waals surface area (Å²) in [6.07, 6.45) is 2.85. The molecule has 1 aromatic rings. The quantitative estimate of drug-likeness (QED) is 0.878. The van der Waals surface area contributed by atoms with Crippen molar-refractivity contribution in [3.63, 3.8) is 0 Å². The molecule has 0 saturated heterocycles. The maximum atomic E-state index is 5.70. The standard InChI is InChI=1S/C16H28N2O/c1-15(2,3)9-10-19-14-8-7-13(17-12-14)11-18-16(4,5)6/h7-8,12,18H,9-11H2,1-6H3. The van der Waals surface area contributed by atoms with Gasteiger partial charge in [-0.1, -0.05) is 20.8 Å². The average Bonchev–Trinajstić information content (AvgIpc) is 2.25. The van der Waals surface area contributed by atoms with Gasteiger partial charge in [0.15, 0.2) is 0 Å². The van der Waals surface area contributed by atoms with Crippen molar-refractivity contribution in [2.45, 2.75) is 60.0 Å². The molecule has 0 aliphatic carbocycles. The van der Waals surface area contributed by atoms with E-state index in [2.05, 4.69) is 51.8 Å². The van der Waals surface area contributed by atoms with Gasteiger partial charge in [-0.3, -0.25) is 4.98 Å². The van der Waals surface area contributed by atoms with Gasteiger partial charge in [0.25, 0.3) is 0 Å². The number of aromatic nitrogens is 1. The van der Waals surface area contributed by atoms with Crippen LogP contribution in [0.4, 0.5) is 0 Å². The SMILES string of the molecule is CC(C)(C)CCOc1ccc(CNC(C)(C)C)nc1. The zero-order valence-electron chi connectivity index (χ0n) is 13.2. The third-order valence-corrected chi connectivity index (χ3v) is 2.72. The van der Waals surface area contributed by atoms with Crippen LogP contribution in [0.25, 0.3) is 0 Å². The summed E-state index contributed by atoms with van der Waals surface area (Å²) in [7, 11) is 0. The molecular formula is C16H28N2O. The minimum Gasteiger partial charge on any atom is -0.492 e. The molecular weight excluding hydrogens is 236 g/mol. The molecule has 1 rings (SSSR count). The molecule has 19 heavy (non-hydrogen) atoms. The first-order valence-electron chi connectivity index (χ1n) is 6.98. The van der Waals surface area contributed by atoms with E-state index in [1.807, 2.05) is 18.3 Å². The monoisotopic (exact) mass is 264 g/mol. The van der Waals surface area contributed by atoms with Gasteiger partial charge in [0.05, 0.1) is 18.5 Å². The highest BCUT2D eigenvalue weighted by Gasteiger charge is 2.10. The summed E-state index contributed by atoms with van der Waals surface area (Å²) in [5.41, 5.74) is 1.46. The summed E-state index contributed by atoms with van der Waals surface area (Å²) >= 11 is 0. The number of nitrogens with one attached hydrogen (secondary N) is 1. The van der Waals surface area contributed by atoms with Crippen molar-refractivity contribution in [3.8, 4) is 5.75 Å². The fraction of sp³-hybridized carbons (Fsp3) is 0.688. The van der Waals surface area contributed by atoms with Crippen LogP contribution in [0.5, 0.6) is 5.75 Å². The minimum absolute atomic E-state index is 0.115. The van der Waals surface area contributed by atoms with E-state index in [0.717, 1.165) is 31.0 Å². The van der Waals surface area contributed by atoms with Gasteiger partial charge in [-0.15, -0.1) is 0 Å². The number of pyridine rings is 1. The molecule has 3 heteroatoms. The first-order valence-corrected chi connectivity index (χ1v) is 6.98. The van der Waals surface area contributed by atoms with Crippen molar-refractivity contribution in [2.75, 3.05) is 6.61 Å². The number of rotatable bonds is 5. The van der Waals surface area contributed by atoms with Crippen LogP contribution in [0, 0.1) is 5.41 Å². The van der Waals surface area contributed by atoms with Crippen molar-refractivity contribution in [2.24, 2.45) is 5.41 Å². The van der Waals surface area contributed by atoms with Crippen LogP contribution >= 0.6 is 0 Å². The van der Waals surface area contributed by atoms with Crippen LogP contribution in [0.3, 0.4) is 0 Å². The van der Waals surface area contributed by atoms with Gasteiger partial charge in [-0.25, -0.2) is 0 Å². The largest absolute Gasteiger partial charge is 0.492 e. The molecule has 0 aliphatic heterocycles. The zero-order chi connectivity index (χ0) is 14.5. The maximum absolute atomic E-state index is 5.70. The van der Waals surface area contributed by atoms with E-state index in [-0.39, 0.29) is 5.54 Å². The summed E-state index contributed by atoms with van der Waals surface area (Å²) in [4.78, 5) is 4.41. The molecule has 0 atom stereocenters. The molecule has 0 fully saturated rings. The van der Waals surface area contributed by atoms with E-state index in [4.69, 9.17) is 4.74 Å². The summed E-state index contributed by atoms with van der Waals surface area (Å²) < 4.78 is 5.70. The van der Waals surface area contributed by atoms with Gasteiger partial charge in [-0.2, -0.15) is 0 Å². The Morgan fingerprint density at radius 1 is 1.11 bits per heavy atom. The normalized spacial score (nSPS) is 12.5. The third-order valence-electron chi connectivity index (χ3n) is 2.72. The zero-order valence-corrected chi connectivity index (χ0v) is 13.2. The number of hydrogen-bond donors (Lipinski definition) is 1. The first-order chi connectivity index (χ1) is 8.66. The number of hydrogen-bond acceptors (Lipinski definition) is 3. The number of nitrogens with zero attached hydrogens (tertiary/aromatic N) is 1. The highest BCUT2D eigenvalue weighted by Crippen LogP contribution is 2.19. The Kier molecular flexibility index (Phi) is 5.36. The minimum atomic E-state index is 0.115. The molecule has 0 unspecified atom stereocenters. The van der Waals surface area contributed by atoms with Gasteiger partial charge in [0.1, 0.15) is 5.75 Å². The lowest BCUT2D eigenvalue weighted by Gasteiger charge is -2.20. The van der Waals surface area contributed by atoms with Crippen LogP contribution in [0.2, 0.25) is 0 Å². The lowest BCUT2D eigenvalue weighted by atomic mass is 9.93. The van der Waals surface area contributed by atoms with Crippen LogP contribution in [-0.4, -0.2) is 17.1 Å². The second-order valence-electron chi connectivity index (χ2n) is 7.25. The lowest BCUT2D eigenvalue weighted by molar-refractivity contribution is 0.242. The Labute approximate surface area is 117 Å². The third kappa shape index (κ3) is 7.83. The van der Waals surface area contributed by atoms with Gasteiger partial charge in [0, 0.05) is 12.1 Å². The van der Waals surface area contributed by atoms with Crippen molar-refractivity contribution in [3.05, 3.63) is 24.0 Å². The van der Waals surface area contributed by atoms with Gasteiger partial charge in [0.2, 0.25) is 0 Å². The van der Waals surface area contributed by atoms with Crippen molar-refractivity contribution in [1.29, 1.82) is 0 Å². The Morgan fingerprint density at radius 2 is 1.79 bits per heavy atom. The van der Waals surface area contributed by atoms with Gasteiger partial charge >= 0.3 is 0 Å². The van der Waals surface area contributed by atoms with E-state index in [1.54, 1.807) is 0 Å². The fourth-order valence-corrected chi connectivity index (χ4v) is 1.43. The van der Waals surface area contributed by atoms with E-state index in [9.17, 15) is 0 Å². The molecule has 0 bridgehead atoms. The Balaban J connectivity index is 2.39. The van der Waals surface area contributed by atoms with Crippen LogP contribution in [0.15, 0.2) is 18.3 Å². The molecule has 0 amide bonds. The second-order valence-corrected chi connectivity index (χ2v) is 7.25. The highest BCUT2D eigenvalue weighted by atomic mass is 16.5. The summed E-state index contributed by atoms with van der Waals surface area (Å²) in [5, 5.41) is 3.42. The topological polar surface area (TPSA) is 34.1 Å². The predicted octanol–water partition coefficient (Wildman–Crippen LogP) is 3.78. The van der Waals surface area contributed by atoms with Crippen LogP contribution in [-0.2, 0) is 6.54 Å². The van der Waals surface area contributed by atoms with E-state index in [1.165, 1.54) is 0 Å². The predicted molar refractivity (Wildman–Crippen MR) is 80.4 cm³/mol. The second kappa shape index (κ2) is 6.38. The lowest BCUT2D eigenvalue weighted by Crippen LogP contribution is -2.35. The molecule has 3 nitrogen and oxygen atoms in total. The van der Waals surface area contributed by atoms with Crippen molar-refractivity contribution >= 4 is 0 Å². The highest BCUT2D eigenvalue weighted by molar-refractivity contribution is 5.19. The van der Waals surface area contributed by atoms with E-state index < -0.39 is 0 Å². The smallest absolute Gasteiger partial charge is 0.137 e. The Hall–Kier alpha value is -1.09. The molecule has 1 N–H and O–H groups in total. The molecule has 1 heterocycles. The van der Waals surface area contributed by atoms with E-state index in [0.29, 0.717) is 5.41 Å². The Bertz CT molecular complexity index is 371. The van der Waals surface area contributed by atoms with Crippen molar-refractivity contribution < 1.29 is 4.74 Å². The number of ether oxygens (including phenoxy) is 1. The Morgan fingerprint density at radius 3 is 2.26 bits per heavy atom. The molecule has 0 radical (unpaired) electrons. The van der Waals surface area contributed by atoms with Crippen LogP contribution in [0.1, 0.15) is 53.7 Å². The molecule has 0 aromatic carbocycles. The fourth-order valence-electron chi connectivity index (χ4n) is 1.43. The summed E-state index contributed by atoms with van der Waals surface area (Å²) in [6.45, 7) is 14.6. The van der Waals surface area contributed by atoms with Crippen LogP contribution < -0.4 is 10.1 Å². The van der Waals surface area contributed by atoms with Gasteiger partial charge in [-0.05, 0) is 44.7 Å². The van der Waals surface area contributed by atoms with Gasteiger partial charge < -0.3 is 10.1 Å². The maximum Gasteiger partial charge on any atom is 0.137 e. The van der Waals surface area contributed by atoms with E-state index >= 15 is 0 Å². The molecule has 0 saturated carbocycles. The van der Waals surface area contributed by atoms with Crippen molar-refractivity contribution in [1.82, 2.24) is 10.3 Å². The average molecular weight is 264 g/mol.